The van der Waals surface area contributed by atoms with E-state index in [1.54, 1.807) is 0 Å². The highest BCUT2D eigenvalue weighted by Gasteiger charge is 2.19. The SMILES string of the molecule is CC[C@@H](C)c1ccccc1NC(=O)[C@H](C)Sc1n[nH]c(-c2ccc(C)cc2)n1. The standard InChI is InChI=1S/C22H26N4OS/c1-5-15(3)18-8-6-7-9-19(18)23-21(27)16(4)28-22-24-20(25-26-22)17-12-10-14(2)11-13-17/h6-13,15-16H,5H2,1-4H3,(H,23,27)(H,24,25,26)/t15-,16+/m1/s1. The van der Waals surface area contributed by atoms with Gasteiger partial charge in [0, 0.05) is 11.3 Å². The van der Waals surface area contributed by atoms with Crippen molar-refractivity contribution >= 4 is 23.4 Å². The average Bonchev–Trinajstić information content (AvgIpc) is 3.16. The van der Waals surface area contributed by atoms with Crippen LogP contribution in [0.1, 0.15) is 44.2 Å². The second-order valence-electron chi connectivity index (χ2n) is 6.98. The fourth-order valence-electron chi connectivity index (χ4n) is 2.85. The summed E-state index contributed by atoms with van der Waals surface area (Å²) in [7, 11) is 0. The average molecular weight is 395 g/mol. The van der Waals surface area contributed by atoms with Crippen molar-refractivity contribution in [2.75, 3.05) is 5.32 Å². The molecule has 1 aromatic heterocycles. The van der Waals surface area contributed by atoms with Crippen LogP contribution in [0.5, 0.6) is 0 Å². The minimum Gasteiger partial charge on any atom is -0.325 e. The van der Waals surface area contributed by atoms with Crippen LogP contribution in [0.15, 0.2) is 53.7 Å². The lowest BCUT2D eigenvalue weighted by Crippen LogP contribution is -2.23. The van der Waals surface area contributed by atoms with Gasteiger partial charge in [-0.25, -0.2) is 4.98 Å². The summed E-state index contributed by atoms with van der Waals surface area (Å²) in [5, 5.41) is 10.5. The maximum absolute atomic E-state index is 12.7. The number of nitrogens with one attached hydrogen (secondary N) is 2. The lowest BCUT2D eigenvalue weighted by Gasteiger charge is -2.17. The quantitative estimate of drug-likeness (QED) is 0.525. The Morgan fingerprint density at radius 1 is 1.14 bits per heavy atom. The fraction of sp³-hybridized carbons (Fsp3) is 0.318. The number of benzene rings is 2. The van der Waals surface area contributed by atoms with Gasteiger partial charge in [0.1, 0.15) is 0 Å². The molecule has 2 aromatic carbocycles. The van der Waals surface area contributed by atoms with Crippen molar-refractivity contribution in [3.05, 3.63) is 59.7 Å². The predicted octanol–water partition coefficient (Wildman–Crippen LogP) is 5.41. The van der Waals surface area contributed by atoms with Gasteiger partial charge >= 0.3 is 0 Å². The van der Waals surface area contributed by atoms with Crippen molar-refractivity contribution in [2.24, 2.45) is 0 Å². The normalized spacial score (nSPS) is 13.1. The number of nitrogens with zero attached hydrogens (tertiary/aromatic N) is 2. The van der Waals surface area contributed by atoms with E-state index in [4.69, 9.17) is 0 Å². The van der Waals surface area contributed by atoms with E-state index in [0.29, 0.717) is 16.9 Å². The van der Waals surface area contributed by atoms with Gasteiger partial charge in [0.2, 0.25) is 11.1 Å². The summed E-state index contributed by atoms with van der Waals surface area (Å²) in [6.45, 7) is 8.24. The Morgan fingerprint density at radius 3 is 2.57 bits per heavy atom. The van der Waals surface area contributed by atoms with E-state index in [-0.39, 0.29) is 11.2 Å². The molecule has 6 heteroatoms. The zero-order chi connectivity index (χ0) is 20.1. The summed E-state index contributed by atoms with van der Waals surface area (Å²) < 4.78 is 0. The lowest BCUT2D eigenvalue weighted by molar-refractivity contribution is -0.115. The molecule has 0 aliphatic rings. The van der Waals surface area contributed by atoms with Gasteiger partial charge in [-0.3, -0.25) is 9.89 Å². The molecule has 2 N–H and O–H groups in total. The number of aryl methyl sites for hydroxylation is 1. The van der Waals surface area contributed by atoms with E-state index in [2.05, 4.69) is 40.4 Å². The Kier molecular flexibility index (Phi) is 6.52. The lowest BCUT2D eigenvalue weighted by atomic mass is 9.97. The second-order valence-corrected chi connectivity index (χ2v) is 8.29. The molecule has 0 bridgehead atoms. The first kappa shape index (κ1) is 20.1. The Morgan fingerprint density at radius 2 is 1.86 bits per heavy atom. The summed E-state index contributed by atoms with van der Waals surface area (Å²) in [5.41, 5.74) is 4.21. The Labute approximate surface area is 170 Å². The van der Waals surface area contributed by atoms with Gasteiger partial charge in [-0.05, 0) is 37.8 Å². The summed E-state index contributed by atoms with van der Waals surface area (Å²) in [5.74, 6) is 1.05. The monoisotopic (exact) mass is 394 g/mol. The van der Waals surface area contributed by atoms with Crippen LogP contribution in [-0.2, 0) is 4.79 Å². The molecule has 0 fully saturated rings. The van der Waals surface area contributed by atoms with Crippen LogP contribution in [0.4, 0.5) is 5.69 Å². The first-order valence-electron chi connectivity index (χ1n) is 9.53. The number of amides is 1. The number of rotatable bonds is 7. The molecule has 0 unspecified atom stereocenters. The van der Waals surface area contributed by atoms with Gasteiger partial charge in [-0.15, -0.1) is 5.10 Å². The van der Waals surface area contributed by atoms with Gasteiger partial charge in [0.15, 0.2) is 5.82 Å². The largest absolute Gasteiger partial charge is 0.325 e. The summed E-state index contributed by atoms with van der Waals surface area (Å²) in [6.07, 6.45) is 1.02. The molecule has 0 radical (unpaired) electrons. The molecule has 2 atom stereocenters. The maximum Gasteiger partial charge on any atom is 0.237 e. The summed E-state index contributed by atoms with van der Waals surface area (Å²) in [4.78, 5) is 17.2. The topological polar surface area (TPSA) is 70.7 Å². The number of anilines is 1. The molecule has 1 heterocycles. The van der Waals surface area contributed by atoms with Gasteiger partial charge in [0.05, 0.1) is 5.25 Å². The van der Waals surface area contributed by atoms with Crippen LogP contribution in [0, 0.1) is 6.92 Å². The highest BCUT2D eigenvalue weighted by Crippen LogP contribution is 2.28. The van der Waals surface area contributed by atoms with Crippen LogP contribution in [0.3, 0.4) is 0 Å². The van der Waals surface area contributed by atoms with Gasteiger partial charge < -0.3 is 5.32 Å². The van der Waals surface area contributed by atoms with Gasteiger partial charge in [-0.2, -0.15) is 0 Å². The van der Waals surface area contributed by atoms with Gasteiger partial charge in [0.25, 0.3) is 0 Å². The molecule has 3 aromatic rings. The zero-order valence-electron chi connectivity index (χ0n) is 16.7. The zero-order valence-corrected chi connectivity index (χ0v) is 17.5. The molecule has 0 aliphatic heterocycles. The third-order valence-corrected chi connectivity index (χ3v) is 5.76. The van der Waals surface area contributed by atoms with Crippen LogP contribution < -0.4 is 5.32 Å². The first-order valence-corrected chi connectivity index (χ1v) is 10.4. The van der Waals surface area contributed by atoms with Crippen LogP contribution in [-0.4, -0.2) is 26.3 Å². The first-order chi connectivity index (χ1) is 13.5. The molecule has 146 valence electrons. The maximum atomic E-state index is 12.7. The smallest absolute Gasteiger partial charge is 0.237 e. The minimum atomic E-state index is -0.313. The van der Waals surface area contributed by atoms with Gasteiger partial charge in [-0.1, -0.05) is 73.6 Å². The van der Waals surface area contributed by atoms with E-state index in [9.17, 15) is 4.79 Å². The van der Waals surface area contributed by atoms with Crippen molar-refractivity contribution < 1.29 is 4.79 Å². The number of hydrogen-bond donors (Lipinski definition) is 2. The molecule has 0 saturated carbocycles. The molecule has 3 rings (SSSR count). The number of carbonyl (C=O) groups excluding carboxylic acids is 1. The molecule has 0 saturated heterocycles. The van der Waals surface area contributed by atoms with Crippen molar-refractivity contribution in [3.8, 4) is 11.4 Å². The van der Waals surface area contributed by atoms with E-state index < -0.39 is 0 Å². The number of carbonyl (C=O) groups is 1. The van der Waals surface area contributed by atoms with Crippen molar-refractivity contribution in [1.82, 2.24) is 15.2 Å². The van der Waals surface area contributed by atoms with E-state index in [1.807, 2.05) is 56.3 Å². The van der Waals surface area contributed by atoms with E-state index in [1.165, 1.54) is 17.3 Å². The molecular weight excluding hydrogens is 368 g/mol. The summed E-state index contributed by atoms with van der Waals surface area (Å²) in [6, 6.07) is 16.1. The molecule has 1 amide bonds. The number of para-hydroxylation sites is 1. The third-order valence-electron chi connectivity index (χ3n) is 4.80. The van der Waals surface area contributed by atoms with Crippen LogP contribution in [0.25, 0.3) is 11.4 Å². The molecule has 5 nitrogen and oxygen atoms in total. The molecule has 28 heavy (non-hydrogen) atoms. The summed E-state index contributed by atoms with van der Waals surface area (Å²) >= 11 is 1.34. The van der Waals surface area contributed by atoms with E-state index >= 15 is 0 Å². The second kappa shape index (κ2) is 9.06. The number of H-pyrrole nitrogens is 1. The van der Waals surface area contributed by atoms with Crippen molar-refractivity contribution in [2.45, 2.75) is 50.4 Å². The Hall–Kier alpha value is -2.60. The Balaban J connectivity index is 1.66. The van der Waals surface area contributed by atoms with Crippen LogP contribution in [0.2, 0.25) is 0 Å². The molecule has 0 spiro atoms. The fourth-order valence-corrected chi connectivity index (χ4v) is 3.57. The van der Waals surface area contributed by atoms with Crippen molar-refractivity contribution in [1.29, 1.82) is 0 Å². The number of thioether (sulfide) groups is 1. The number of aromatic nitrogens is 3. The van der Waals surface area contributed by atoms with E-state index in [0.717, 1.165) is 23.2 Å². The third kappa shape index (κ3) is 4.81. The molecular formula is C22H26N4OS. The Bertz CT molecular complexity index is 936. The highest BCUT2D eigenvalue weighted by atomic mass is 32.2. The van der Waals surface area contributed by atoms with Crippen LogP contribution >= 0.6 is 11.8 Å². The predicted molar refractivity (Wildman–Crippen MR) is 116 cm³/mol. The molecule has 0 aliphatic carbocycles. The number of aromatic amines is 1. The van der Waals surface area contributed by atoms with Crippen molar-refractivity contribution in [3.63, 3.8) is 0 Å². The minimum absolute atomic E-state index is 0.0533. The number of hydrogen-bond acceptors (Lipinski definition) is 4. The highest BCUT2D eigenvalue weighted by molar-refractivity contribution is 8.00.